The van der Waals surface area contributed by atoms with Crippen molar-refractivity contribution in [2.75, 3.05) is 11.6 Å². The van der Waals surface area contributed by atoms with Crippen molar-refractivity contribution in [1.82, 2.24) is 0 Å². The van der Waals surface area contributed by atoms with Crippen LogP contribution in [-0.2, 0) is 9.84 Å². The molecule has 0 saturated carbocycles. The van der Waals surface area contributed by atoms with Gasteiger partial charge < -0.3 is 0 Å². The van der Waals surface area contributed by atoms with E-state index in [1.807, 2.05) is 0 Å². The lowest BCUT2D eigenvalue weighted by atomic mass is 10.4. The highest BCUT2D eigenvalue weighted by Crippen LogP contribution is 2.22. The predicted octanol–water partition coefficient (Wildman–Crippen LogP) is 3.24. The summed E-state index contributed by atoms with van der Waals surface area (Å²) in [5.74, 6) is 0.661. The van der Waals surface area contributed by atoms with Gasteiger partial charge in [-0.2, -0.15) is 0 Å². The van der Waals surface area contributed by atoms with Gasteiger partial charge in [0.05, 0.1) is 10.6 Å². The summed E-state index contributed by atoms with van der Waals surface area (Å²) in [5, 5.41) is 0. The molecule has 0 spiro atoms. The van der Waals surface area contributed by atoms with Gasteiger partial charge in [0.2, 0.25) is 0 Å². The van der Waals surface area contributed by atoms with Crippen molar-refractivity contribution in [2.45, 2.75) is 17.7 Å². The maximum atomic E-state index is 11.9. The Hall–Kier alpha value is -0.0600. The van der Waals surface area contributed by atoms with E-state index in [0.717, 1.165) is 6.42 Å². The van der Waals surface area contributed by atoms with Crippen molar-refractivity contribution in [3.8, 4) is 0 Å². The van der Waals surface area contributed by atoms with Crippen molar-refractivity contribution in [3.05, 3.63) is 28.7 Å². The van der Waals surface area contributed by atoms with Gasteiger partial charge in [-0.25, -0.2) is 8.42 Å². The zero-order valence-electron chi connectivity index (χ0n) is 8.12. The third-order valence-corrected chi connectivity index (χ3v) is 5.04. The molecule has 0 bridgehead atoms. The largest absolute Gasteiger partial charge is 0.224 e. The topological polar surface area (TPSA) is 34.1 Å². The summed E-state index contributed by atoms with van der Waals surface area (Å²) in [4.78, 5) is 0.361. The van der Waals surface area contributed by atoms with Crippen LogP contribution in [0.4, 0.5) is 0 Å². The van der Waals surface area contributed by atoms with Gasteiger partial charge in [-0.1, -0.05) is 12.1 Å². The molecule has 0 aromatic heterocycles. The lowest BCUT2D eigenvalue weighted by molar-refractivity contribution is 0.592. The Bertz CT molecular complexity index is 417. The molecule has 0 fully saturated rings. The average molecular weight is 312 g/mol. The third-order valence-electron chi connectivity index (χ3n) is 1.97. The quantitative estimate of drug-likeness (QED) is 0.618. The molecule has 15 heavy (non-hydrogen) atoms. The molecule has 0 saturated heterocycles. The smallest absolute Gasteiger partial charge is 0.179 e. The van der Waals surface area contributed by atoms with Crippen LogP contribution in [0.5, 0.6) is 0 Å². The van der Waals surface area contributed by atoms with Crippen LogP contribution >= 0.6 is 27.5 Å². The number of rotatable bonds is 5. The molecular weight excluding hydrogens is 300 g/mol. The Morgan fingerprint density at radius 3 is 2.47 bits per heavy atom. The van der Waals surface area contributed by atoms with Crippen LogP contribution in [0.2, 0.25) is 0 Å². The number of unbranched alkanes of at least 4 members (excludes halogenated alkanes) is 1. The van der Waals surface area contributed by atoms with Gasteiger partial charge >= 0.3 is 0 Å². The first-order chi connectivity index (χ1) is 7.08. The lowest BCUT2D eigenvalue weighted by Gasteiger charge is -2.05. The molecule has 1 aromatic rings. The molecule has 0 amide bonds. The minimum absolute atomic E-state index is 0.155. The Morgan fingerprint density at radius 1 is 1.20 bits per heavy atom. The second-order valence-corrected chi connectivity index (χ2v) is 6.46. The first-order valence-corrected chi connectivity index (χ1v) is 7.59. The highest BCUT2D eigenvalue weighted by Gasteiger charge is 2.16. The lowest BCUT2D eigenvalue weighted by Crippen LogP contribution is -2.07. The van der Waals surface area contributed by atoms with Crippen molar-refractivity contribution in [2.24, 2.45) is 0 Å². The summed E-state index contributed by atoms with van der Waals surface area (Å²) in [6.45, 7) is 0. The van der Waals surface area contributed by atoms with Crippen molar-refractivity contribution in [1.29, 1.82) is 0 Å². The van der Waals surface area contributed by atoms with Gasteiger partial charge in [0.15, 0.2) is 9.84 Å². The number of benzene rings is 1. The molecule has 0 aliphatic rings. The monoisotopic (exact) mass is 310 g/mol. The number of sulfone groups is 1. The Morgan fingerprint density at radius 2 is 1.87 bits per heavy atom. The van der Waals surface area contributed by atoms with E-state index in [9.17, 15) is 8.42 Å². The van der Waals surface area contributed by atoms with Crippen LogP contribution in [0.15, 0.2) is 33.6 Å². The van der Waals surface area contributed by atoms with Crippen LogP contribution in [0, 0.1) is 0 Å². The van der Waals surface area contributed by atoms with Crippen LogP contribution < -0.4 is 0 Å². The predicted molar refractivity (Wildman–Crippen MR) is 66.1 cm³/mol. The van der Waals surface area contributed by atoms with Gasteiger partial charge in [-0.3, -0.25) is 0 Å². The molecule has 5 heteroatoms. The van der Waals surface area contributed by atoms with E-state index in [1.54, 1.807) is 24.3 Å². The molecule has 0 atom stereocenters. The Balaban J connectivity index is 2.83. The summed E-state index contributed by atoms with van der Waals surface area (Å²) in [5.41, 5.74) is 0. The van der Waals surface area contributed by atoms with Crippen molar-refractivity contribution < 1.29 is 8.42 Å². The van der Waals surface area contributed by atoms with E-state index >= 15 is 0 Å². The summed E-state index contributed by atoms with van der Waals surface area (Å²) in [7, 11) is -3.17. The van der Waals surface area contributed by atoms with Crippen molar-refractivity contribution in [3.63, 3.8) is 0 Å². The van der Waals surface area contributed by atoms with E-state index in [-0.39, 0.29) is 5.75 Å². The van der Waals surface area contributed by atoms with E-state index in [2.05, 4.69) is 15.9 Å². The van der Waals surface area contributed by atoms with E-state index in [1.165, 1.54) is 0 Å². The van der Waals surface area contributed by atoms with E-state index < -0.39 is 9.84 Å². The summed E-state index contributed by atoms with van der Waals surface area (Å²) >= 11 is 8.74. The van der Waals surface area contributed by atoms with Gasteiger partial charge in [-0.15, -0.1) is 11.6 Å². The van der Waals surface area contributed by atoms with Gasteiger partial charge in [-0.05, 0) is 40.9 Å². The fourth-order valence-corrected chi connectivity index (χ4v) is 3.86. The molecular formula is C10H12BrClO2S. The second-order valence-electron chi connectivity index (χ2n) is 3.15. The minimum Gasteiger partial charge on any atom is -0.224 e. The summed E-state index contributed by atoms with van der Waals surface area (Å²) in [6, 6.07) is 6.86. The van der Waals surface area contributed by atoms with Gasteiger partial charge in [0, 0.05) is 10.4 Å². The summed E-state index contributed by atoms with van der Waals surface area (Å²) < 4.78 is 24.3. The second kappa shape index (κ2) is 5.87. The highest BCUT2D eigenvalue weighted by atomic mass is 79.9. The minimum atomic E-state index is -3.17. The molecule has 84 valence electrons. The Labute approximate surface area is 104 Å². The standard InChI is InChI=1S/C10H12BrClO2S/c11-9-5-1-2-6-10(9)15(13,14)8-4-3-7-12/h1-2,5-6H,3-4,7-8H2. The van der Waals surface area contributed by atoms with E-state index in [4.69, 9.17) is 11.6 Å². The van der Waals surface area contributed by atoms with Crippen LogP contribution in [0.3, 0.4) is 0 Å². The number of hydrogen-bond donors (Lipinski definition) is 0. The average Bonchev–Trinajstić information content (AvgIpc) is 2.18. The fourth-order valence-electron chi connectivity index (χ4n) is 1.19. The molecule has 2 nitrogen and oxygen atoms in total. The van der Waals surface area contributed by atoms with Gasteiger partial charge in [0.1, 0.15) is 0 Å². The third kappa shape index (κ3) is 3.78. The highest BCUT2D eigenvalue weighted by molar-refractivity contribution is 9.10. The fraction of sp³-hybridized carbons (Fsp3) is 0.400. The first kappa shape index (κ1) is 13.0. The zero-order valence-corrected chi connectivity index (χ0v) is 11.3. The number of alkyl halides is 1. The Kier molecular flexibility index (Phi) is 5.09. The molecule has 0 aliphatic carbocycles. The zero-order chi connectivity index (χ0) is 11.3. The normalized spacial score (nSPS) is 11.6. The van der Waals surface area contributed by atoms with Crippen LogP contribution in [0.1, 0.15) is 12.8 Å². The van der Waals surface area contributed by atoms with Gasteiger partial charge in [0.25, 0.3) is 0 Å². The maximum Gasteiger partial charge on any atom is 0.179 e. The number of hydrogen-bond acceptors (Lipinski definition) is 2. The van der Waals surface area contributed by atoms with Crippen LogP contribution in [0.25, 0.3) is 0 Å². The summed E-state index contributed by atoms with van der Waals surface area (Å²) in [6.07, 6.45) is 1.33. The molecule has 1 aromatic carbocycles. The molecule has 0 N–H and O–H groups in total. The van der Waals surface area contributed by atoms with E-state index in [0.29, 0.717) is 21.7 Å². The molecule has 1 rings (SSSR count). The van der Waals surface area contributed by atoms with Crippen LogP contribution in [-0.4, -0.2) is 20.1 Å². The SMILES string of the molecule is O=S(=O)(CCCCCl)c1ccccc1Br. The molecule has 0 aliphatic heterocycles. The maximum absolute atomic E-state index is 11.9. The molecule has 0 unspecified atom stereocenters. The van der Waals surface area contributed by atoms with Crippen molar-refractivity contribution >= 4 is 37.4 Å². The number of halogens is 2. The first-order valence-electron chi connectivity index (χ1n) is 4.61. The molecule has 0 radical (unpaired) electrons. The molecule has 0 heterocycles.